The zero-order valence-corrected chi connectivity index (χ0v) is 23.9. The lowest BCUT2D eigenvalue weighted by molar-refractivity contribution is -0.150. The summed E-state index contributed by atoms with van der Waals surface area (Å²) in [6, 6.07) is 2.60. The van der Waals surface area contributed by atoms with Gasteiger partial charge in [-0.2, -0.15) is 0 Å². The van der Waals surface area contributed by atoms with Crippen molar-refractivity contribution in [3.63, 3.8) is 0 Å². The molecule has 10 heteroatoms. The quantitative estimate of drug-likeness (QED) is 0.265. The molecule has 2 saturated carbocycles. The van der Waals surface area contributed by atoms with Gasteiger partial charge in [-0.3, -0.25) is 14.4 Å². The topological polar surface area (TPSA) is 125 Å². The highest BCUT2D eigenvalue weighted by Gasteiger charge is 2.45. The SMILES string of the molecule is COc1cc(C=O)cc(I)c1O[C@H]1C=C(C(=O)NCCO)C[C@@H](N(C(=O)C2CCC2)C2CCCCC2)[C@@H]1O. The second-order valence-electron chi connectivity index (χ2n) is 10.3. The van der Waals surface area contributed by atoms with Crippen molar-refractivity contribution < 1.29 is 34.1 Å². The summed E-state index contributed by atoms with van der Waals surface area (Å²) in [5, 5.41) is 23.6. The second kappa shape index (κ2) is 13.3. The molecule has 2 fully saturated rings. The first-order valence-electron chi connectivity index (χ1n) is 13.5. The van der Waals surface area contributed by atoms with Crippen LogP contribution in [0.5, 0.6) is 11.5 Å². The van der Waals surface area contributed by atoms with Crippen molar-refractivity contribution in [1.29, 1.82) is 0 Å². The van der Waals surface area contributed by atoms with Crippen molar-refractivity contribution in [3.8, 4) is 11.5 Å². The largest absolute Gasteiger partial charge is 0.493 e. The monoisotopic (exact) mass is 640 g/mol. The Labute approximate surface area is 237 Å². The van der Waals surface area contributed by atoms with Crippen LogP contribution >= 0.6 is 22.6 Å². The summed E-state index contributed by atoms with van der Waals surface area (Å²) < 4.78 is 12.4. The number of hydrogen-bond donors (Lipinski definition) is 3. The first kappa shape index (κ1) is 28.8. The lowest BCUT2D eigenvalue weighted by Gasteiger charge is -2.47. The summed E-state index contributed by atoms with van der Waals surface area (Å²) in [4.78, 5) is 40.1. The van der Waals surface area contributed by atoms with Crippen LogP contribution in [-0.2, 0) is 9.59 Å². The summed E-state index contributed by atoms with van der Waals surface area (Å²) in [5.41, 5.74) is 0.828. The summed E-state index contributed by atoms with van der Waals surface area (Å²) >= 11 is 2.05. The third-order valence-electron chi connectivity index (χ3n) is 7.89. The van der Waals surface area contributed by atoms with E-state index in [1.165, 1.54) is 7.11 Å². The first-order chi connectivity index (χ1) is 18.4. The van der Waals surface area contributed by atoms with Gasteiger partial charge in [0.15, 0.2) is 11.5 Å². The van der Waals surface area contributed by atoms with E-state index in [0.717, 1.165) is 57.7 Å². The fourth-order valence-electron chi connectivity index (χ4n) is 5.65. The third kappa shape index (κ3) is 6.34. The highest BCUT2D eigenvalue weighted by Crippen LogP contribution is 2.39. The zero-order chi connectivity index (χ0) is 27.2. The molecule has 2 amide bonds. The molecule has 0 heterocycles. The Kier molecular flexibility index (Phi) is 10.1. The van der Waals surface area contributed by atoms with Gasteiger partial charge >= 0.3 is 0 Å². The fourth-order valence-corrected chi connectivity index (χ4v) is 6.40. The van der Waals surface area contributed by atoms with E-state index in [1.807, 2.05) is 27.5 Å². The molecule has 38 heavy (non-hydrogen) atoms. The molecule has 0 radical (unpaired) electrons. The number of carbonyl (C=O) groups excluding carboxylic acids is 3. The maximum Gasteiger partial charge on any atom is 0.247 e. The number of aliphatic hydroxyl groups is 2. The predicted molar refractivity (Wildman–Crippen MR) is 149 cm³/mol. The molecule has 1 aromatic carbocycles. The fraction of sp³-hybridized carbons (Fsp3) is 0.607. The van der Waals surface area contributed by atoms with Gasteiger partial charge in [-0.15, -0.1) is 0 Å². The van der Waals surface area contributed by atoms with Crippen molar-refractivity contribution in [3.05, 3.63) is 32.9 Å². The minimum Gasteiger partial charge on any atom is -0.493 e. The van der Waals surface area contributed by atoms with Gasteiger partial charge in [0.1, 0.15) is 18.5 Å². The molecule has 0 bridgehead atoms. The van der Waals surface area contributed by atoms with Gasteiger partial charge in [0.25, 0.3) is 0 Å². The number of carbonyl (C=O) groups is 3. The highest BCUT2D eigenvalue weighted by molar-refractivity contribution is 14.1. The van der Waals surface area contributed by atoms with Crippen LogP contribution in [0.25, 0.3) is 0 Å². The number of amides is 2. The first-order valence-corrected chi connectivity index (χ1v) is 14.5. The lowest BCUT2D eigenvalue weighted by atomic mass is 9.80. The Morgan fingerprint density at radius 2 is 1.89 bits per heavy atom. The molecule has 0 aromatic heterocycles. The van der Waals surface area contributed by atoms with E-state index < -0.39 is 18.2 Å². The van der Waals surface area contributed by atoms with Crippen molar-refractivity contribution >= 4 is 40.7 Å². The Morgan fingerprint density at radius 3 is 2.50 bits per heavy atom. The van der Waals surface area contributed by atoms with Crippen LogP contribution in [0.4, 0.5) is 0 Å². The summed E-state index contributed by atoms with van der Waals surface area (Å²) in [5.74, 6) is 0.345. The molecule has 0 saturated heterocycles. The van der Waals surface area contributed by atoms with E-state index in [2.05, 4.69) is 5.32 Å². The van der Waals surface area contributed by atoms with Crippen LogP contribution in [0.15, 0.2) is 23.8 Å². The number of rotatable bonds is 10. The zero-order valence-electron chi connectivity index (χ0n) is 21.7. The molecule has 3 N–H and O–H groups in total. The van der Waals surface area contributed by atoms with E-state index in [1.54, 1.807) is 18.2 Å². The number of benzene rings is 1. The van der Waals surface area contributed by atoms with Crippen LogP contribution in [0, 0.1) is 9.49 Å². The van der Waals surface area contributed by atoms with Gasteiger partial charge in [-0.1, -0.05) is 25.7 Å². The number of methoxy groups -OCH3 is 1. The van der Waals surface area contributed by atoms with Crippen molar-refractivity contribution in [2.75, 3.05) is 20.3 Å². The minimum absolute atomic E-state index is 0.0125. The van der Waals surface area contributed by atoms with Crippen molar-refractivity contribution in [1.82, 2.24) is 10.2 Å². The number of ether oxygens (including phenoxy) is 2. The smallest absolute Gasteiger partial charge is 0.247 e. The van der Waals surface area contributed by atoms with E-state index in [-0.39, 0.29) is 43.3 Å². The number of halogens is 1. The van der Waals surface area contributed by atoms with Gasteiger partial charge in [-0.25, -0.2) is 0 Å². The van der Waals surface area contributed by atoms with Gasteiger partial charge in [0, 0.05) is 36.1 Å². The van der Waals surface area contributed by atoms with Crippen molar-refractivity contribution in [2.24, 2.45) is 5.92 Å². The second-order valence-corrected chi connectivity index (χ2v) is 11.5. The molecule has 9 nitrogen and oxygen atoms in total. The van der Waals surface area contributed by atoms with Crippen LogP contribution in [0.1, 0.15) is 68.1 Å². The normalized spacial score (nSPS) is 24.1. The van der Waals surface area contributed by atoms with Gasteiger partial charge < -0.3 is 29.9 Å². The van der Waals surface area contributed by atoms with Crippen LogP contribution in [0.2, 0.25) is 0 Å². The van der Waals surface area contributed by atoms with E-state index in [0.29, 0.717) is 26.2 Å². The van der Waals surface area contributed by atoms with Crippen LogP contribution < -0.4 is 14.8 Å². The average molecular weight is 641 g/mol. The van der Waals surface area contributed by atoms with Gasteiger partial charge in [0.05, 0.1) is 23.3 Å². The van der Waals surface area contributed by atoms with Gasteiger partial charge in [-0.05, 0) is 66.5 Å². The molecule has 0 spiro atoms. The molecule has 3 aliphatic rings. The molecule has 3 aliphatic carbocycles. The molecular weight excluding hydrogens is 603 g/mol. The molecule has 3 atom stereocenters. The van der Waals surface area contributed by atoms with Crippen molar-refractivity contribution in [2.45, 2.75) is 82.1 Å². The Balaban J connectivity index is 1.71. The number of aliphatic hydroxyl groups excluding tert-OH is 2. The van der Waals surface area contributed by atoms with Gasteiger partial charge in [0.2, 0.25) is 11.8 Å². The molecule has 0 aliphatic heterocycles. The number of nitrogens with zero attached hydrogens (tertiary/aromatic N) is 1. The summed E-state index contributed by atoms with van der Waals surface area (Å²) in [7, 11) is 1.47. The van der Waals surface area contributed by atoms with E-state index in [9.17, 15) is 24.6 Å². The van der Waals surface area contributed by atoms with Crippen LogP contribution in [-0.4, -0.2) is 77.8 Å². The molecule has 208 valence electrons. The number of hydrogen-bond acceptors (Lipinski definition) is 7. The maximum atomic E-state index is 13.8. The Bertz CT molecular complexity index is 1050. The Hall–Kier alpha value is -2.18. The standard InChI is InChI=1S/C28H37IN2O7/c1-37-24-13-17(16-33)12-21(29)26(24)38-23-15-19(27(35)30-10-11-32)14-22(25(23)34)31(20-8-3-2-4-9-20)28(36)18-6-5-7-18/h12-13,15-16,18,20,22-23,25,32,34H,2-11,14H2,1H3,(H,30,35)/t22-,23+,25+/m1/s1. The molecular formula is C28H37IN2O7. The van der Waals surface area contributed by atoms with E-state index >= 15 is 0 Å². The highest BCUT2D eigenvalue weighted by atomic mass is 127. The summed E-state index contributed by atoms with van der Waals surface area (Å²) in [6.45, 7) is -0.0982. The average Bonchev–Trinajstić information content (AvgIpc) is 2.89. The summed E-state index contributed by atoms with van der Waals surface area (Å²) in [6.07, 6.45) is 8.17. The molecule has 4 rings (SSSR count). The maximum absolute atomic E-state index is 13.8. The van der Waals surface area contributed by atoms with Crippen LogP contribution in [0.3, 0.4) is 0 Å². The minimum atomic E-state index is -1.08. The molecule has 1 aromatic rings. The lowest BCUT2D eigenvalue weighted by Crippen LogP contribution is -2.60. The molecule has 0 unspecified atom stereocenters. The number of aldehydes is 1. The third-order valence-corrected chi connectivity index (χ3v) is 8.69. The van der Waals surface area contributed by atoms with E-state index in [4.69, 9.17) is 9.47 Å². The number of nitrogens with one attached hydrogen (secondary N) is 1. The predicted octanol–water partition coefficient (Wildman–Crippen LogP) is 2.99. The Morgan fingerprint density at radius 1 is 1.16 bits per heavy atom.